The van der Waals surface area contributed by atoms with E-state index in [9.17, 15) is 4.79 Å². The van der Waals surface area contributed by atoms with Crippen LogP contribution in [0.1, 0.15) is 37.3 Å². The Hall–Kier alpha value is -2.61. The largest absolute Gasteiger partial charge is 0.337 e. The zero-order valence-corrected chi connectivity index (χ0v) is 14.6. The molecular weight excluding hydrogens is 306 g/mol. The van der Waals surface area contributed by atoms with Gasteiger partial charge in [-0.05, 0) is 30.9 Å². The maximum atomic E-state index is 12.8. The standard InChI is InChI=1S/C23H23NO/c1-17-22(25)16-21(18-10-4-2-5-11-18)24(20-14-8-9-15-20)23(17)19-12-6-3-7-13-19/h2-7,10-13,16,20H,8-9,14-15H2,1H3. The van der Waals surface area contributed by atoms with Gasteiger partial charge in [-0.2, -0.15) is 0 Å². The summed E-state index contributed by atoms with van der Waals surface area (Å²) < 4.78 is 2.44. The SMILES string of the molecule is Cc1c(-c2ccccc2)n(C2CCCC2)c(-c2ccccc2)cc1=O. The number of nitrogens with zero attached hydrogens (tertiary/aromatic N) is 1. The van der Waals surface area contributed by atoms with Crippen molar-refractivity contribution in [1.82, 2.24) is 4.57 Å². The highest BCUT2D eigenvalue weighted by molar-refractivity contribution is 5.70. The van der Waals surface area contributed by atoms with E-state index in [-0.39, 0.29) is 5.43 Å². The Labute approximate surface area is 148 Å². The van der Waals surface area contributed by atoms with Gasteiger partial charge in [-0.1, -0.05) is 73.5 Å². The molecule has 0 aliphatic heterocycles. The molecule has 2 nitrogen and oxygen atoms in total. The average molecular weight is 329 g/mol. The van der Waals surface area contributed by atoms with Crippen LogP contribution in [-0.4, -0.2) is 4.57 Å². The molecule has 1 saturated carbocycles. The monoisotopic (exact) mass is 329 g/mol. The van der Waals surface area contributed by atoms with Crippen molar-refractivity contribution in [3.8, 4) is 22.5 Å². The minimum absolute atomic E-state index is 0.118. The predicted octanol–water partition coefficient (Wildman–Crippen LogP) is 5.61. The van der Waals surface area contributed by atoms with Crippen LogP contribution in [-0.2, 0) is 0 Å². The lowest BCUT2D eigenvalue weighted by molar-refractivity contribution is 0.524. The number of aromatic nitrogens is 1. The van der Waals surface area contributed by atoms with E-state index in [2.05, 4.69) is 28.8 Å². The van der Waals surface area contributed by atoms with Crippen LogP contribution in [0.4, 0.5) is 0 Å². The molecule has 25 heavy (non-hydrogen) atoms. The molecule has 0 atom stereocenters. The Morgan fingerprint density at radius 3 is 2.00 bits per heavy atom. The topological polar surface area (TPSA) is 22.0 Å². The van der Waals surface area contributed by atoms with Gasteiger partial charge in [0, 0.05) is 17.7 Å². The van der Waals surface area contributed by atoms with E-state index in [0.29, 0.717) is 6.04 Å². The Morgan fingerprint density at radius 2 is 1.40 bits per heavy atom. The van der Waals surface area contributed by atoms with Crippen molar-refractivity contribution in [3.05, 3.63) is 82.5 Å². The highest BCUT2D eigenvalue weighted by Gasteiger charge is 2.24. The summed E-state index contributed by atoms with van der Waals surface area (Å²) in [4.78, 5) is 12.8. The third-order valence-corrected chi connectivity index (χ3v) is 5.30. The Kier molecular flexibility index (Phi) is 4.27. The van der Waals surface area contributed by atoms with Crippen LogP contribution in [0.3, 0.4) is 0 Å². The molecule has 0 radical (unpaired) electrons. The summed E-state index contributed by atoms with van der Waals surface area (Å²) in [7, 11) is 0. The van der Waals surface area contributed by atoms with Gasteiger partial charge in [-0.25, -0.2) is 0 Å². The quantitative estimate of drug-likeness (QED) is 0.612. The van der Waals surface area contributed by atoms with Gasteiger partial charge >= 0.3 is 0 Å². The van der Waals surface area contributed by atoms with Crippen molar-refractivity contribution in [3.63, 3.8) is 0 Å². The van der Waals surface area contributed by atoms with Gasteiger partial charge in [0.15, 0.2) is 5.43 Å². The normalized spacial score (nSPS) is 14.8. The fourth-order valence-corrected chi connectivity index (χ4v) is 4.04. The fourth-order valence-electron chi connectivity index (χ4n) is 4.04. The van der Waals surface area contributed by atoms with Gasteiger partial charge in [0.2, 0.25) is 0 Å². The average Bonchev–Trinajstić information content (AvgIpc) is 3.19. The predicted molar refractivity (Wildman–Crippen MR) is 104 cm³/mol. The van der Waals surface area contributed by atoms with Crippen LogP contribution < -0.4 is 5.43 Å². The summed E-state index contributed by atoms with van der Waals surface area (Å²) in [5.74, 6) is 0. The molecule has 1 aromatic heterocycles. The van der Waals surface area contributed by atoms with E-state index in [0.717, 1.165) is 28.1 Å². The van der Waals surface area contributed by atoms with Gasteiger partial charge in [0.1, 0.15) is 0 Å². The molecule has 1 aliphatic carbocycles. The summed E-state index contributed by atoms with van der Waals surface area (Å²) in [6.45, 7) is 1.96. The van der Waals surface area contributed by atoms with Crippen LogP contribution in [0.25, 0.3) is 22.5 Å². The highest BCUT2D eigenvalue weighted by atomic mass is 16.1. The van der Waals surface area contributed by atoms with Crippen molar-refractivity contribution < 1.29 is 0 Å². The zero-order chi connectivity index (χ0) is 17.2. The first-order valence-electron chi connectivity index (χ1n) is 9.12. The van der Waals surface area contributed by atoms with E-state index in [1.165, 1.54) is 25.7 Å². The third-order valence-electron chi connectivity index (χ3n) is 5.30. The number of pyridine rings is 1. The van der Waals surface area contributed by atoms with Crippen molar-refractivity contribution >= 4 is 0 Å². The van der Waals surface area contributed by atoms with Gasteiger partial charge in [-0.3, -0.25) is 4.79 Å². The molecule has 2 heteroatoms. The second-order valence-electron chi connectivity index (χ2n) is 6.91. The molecule has 0 bridgehead atoms. The smallest absolute Gasteiger partial charge is 0.185 e. The Balaban J connectivity index is 2.05. The summed E-state index contributed by atoms with van der Waals surface area (Å²) in [5, 5.41) is 0. The molecule has 1 heterocycles. The van der Waals surface area contributed by atoms with Crippen LogP contribution >= 0.6 is 0 Å². The molecule has 0 saturated heterocycles. The van der Waals surface area contributed by atoms with E-state index in [4.69, 9.17) is 0 Å². The molecule has 2 aromatic carbocycles. The van der Waals surface area contributed by atoms with Crippen molar-refractivity contribution in [2.45, 2.75) is 38.6 Å². The molecule has 1 aliphatic rings. The summed E-state index contributed by atoms with van der Waals surface area (Å²) in [6.07, 6.45) is 4.89. The highest BCUT2D eigenvalue weighted by Crippen LogP contribution is 2.38. The van der Waals surface area contributed by atoms with Gasteiger partial charge in [-0.15, -0.1) is 0 Å². The van der Waals surface area contributed by atoms with Crippen molar-refractivity contribution in [2.24, 2.45) is 0 Å². The summed E-state index contributed by atoms with van der Waals surface area (Å²) in [6, 6.07) is 23.0. The number of hydrogen-bond acceptors (Lipinski definition) is 1. The zero-order valence-electron chi connectivity index (χ0n) is 14.6. The van der Waals surface area contributed by atoms with E-state index in [1.807, 2.05) is 49.4 Å². The van der Waals surface area contributed by atoms with E-state index in [1.54, 1.807) is 0 Å². The van der Waals surface area contributed by atoms with Gasteiger partial charge < -0.3 is 4.57 Å². The molecule has 0 spiro atoms. The first kappa shape index (κ1) is 15.9. The Bertz CT molecular complexity index is 920. The second kappa shape index (κ2) is 6.72. The lowest BCUT2D eigenvalue weighted by Crippen LogP contribution is -2.19. The van der Waals surface area contributed by atoms with Gasteiger partial charge in [0.05, 0.1) is 11.4 Å². The molecule has 4 rings (SSSR count). The minimum atomic E-state index is 0.118. The molecule has 0 amide bonds. The summed E-state index contributed by atoms with van der Waals surface area (Å²) >= 11 is 0. The summed E-state index contributed by atoms with van der Waals surface area (Å²) in [5.41, 5.74) is 5.33. The van der Waals surface area contributed by atoms with E-state index < -0.39 is 0 Å². The molecule has 0 unspecified atom stereocenters. The third kappa shape index (κ3) is 2.93. The van der Waals surface area contributed by atoms with Crippen molar-refractivity contribution in [1.29, 1.82) is 0 Å². The molecule has 1 fully saturated rings. The van der Waals surface area contributed by atoms with E-state index >= 15 is 0 Å². The second-order valence-corrected chi connectivity index (χ2v) is 6.91. The van der Waals surface area contributed by atoms with Crippen LogP contribution in [0.5, 0.6) is 0 Å². The minimum Gasteiger partial charge on any atom is -0.337 e. The van der Waals surface area contributed by atoms with Crippen LogP contribution in [0, 0.1) is 6.92 Å². The van der Waals surface area contributed by atoms with Crippen molar-refractivity contribution in [2.75, 3.05) is 0 Å². The molecule has 126 valence electrons. The first-order chi connectivity index (χ1) is 12.3. The number of hydrogen-bond donors (Lipinski definition) is 0. The van der Waals surface area contributed by atoms with Crippen LogP contribution in [0.15, 0.2) is 71.5 Å². The molecule has 3 aromatic rings. The Morgan fingerprint density at radius 1 is 0.840 bits per heavy atom. The van der Waals surface area contributed by atoms with Gasteiger partial charge in [0.25, 0.3) is 0 Å². The lowest BCUT2D eigenvalue weighted by Gasteiger charge is -2.26. The maximum Gasteiger partial charge on any atom is 0.185 e. The van der Waals surface area contributed by atoms with Crippen LogP contribution in [0.2, 0.25) is 0 Å². The number of rotatable bonds is 3. The maximum absolute atomic E-state index is 12.8. The molecule has 0 N–H and O–H groups in total. The lowest BCUT2D eigenvalue weighted by atomic mass is 10.00. The number of benzene rings is 2. The first-order valence-corrected chi connectivity index (χ1v) is 9.12. The fraction of sp³-hybridized carbons (Fsp3) is 0.261. The molecular formula is C23H23NO.